The first kappa shape index (κ1) is 14.3. The zero-order valence-electron chi connectivity index (χ0n) is 10.5. The molecule has 0 saturated carbocycles. The number of nitrogens with two attached hydrogens (primary N) is 1. The highest BCUT2D eigenvalue weighted by molar-refractivity contribution is 8.00. The Labute approximate surface area is 94.2 Å². The van der Waals surface area contributed by atoms with E-state index < -0.39 is 0 Å². The zero-order chi connectivity index (χ0) is 11.2. The van der Waals surface area contributed by atoms with Crippen molar-refractivity contribution >= 4 is 11.8 Å². The Hall–Kier alpha value is 0.310. The fraction of sp³-hybridized carbons (Fsp3) is 1.00. The van der Waals surface area contributed by atoms with Crippen molar-refractivity contribution in [2.75, 3.05) is 5.75 Å². The van der Waals surface area contributed by atoms with E-state index in [-0.39, 0.29) is 0 Å². The van der Waals surface area contributed by atoms with E-state index in [1.165, 1.54) is 19.3 Å². The predicted molar refractivity (Wildman–Crippen MR) is 68.9 cm³/mol. The van der Waals surface area contributed by atoms with Gasteiger partial charge in [0, 0.05) is 16.5 Å². The van der Waals surface area contributed by atoms with Crippen LogP contribution in [0, 0.1) is 5.92 Å². The van der Waals surface area contributed by atoms with Crippen molar-refractivity contribution in [2.24, 2.45) is 11.7 Å². The van der Waals surface area contributed by atoms with Crippen LogP contribution in [0.2, 0.25) is 0 Å². The summed E-state index contributed by atoms with van der Waals surface area (Å²) in [5.74, 6) is 1.88. The van der Waals surface area contributed by atoms with Crippen LogP contribution < -0.4 is 5.73 Å². The summed E-state index contributed by atoms with van der Waals surface area (Å²) in [6.07, 6.45) is 3.77. The molecule has 14 heavy (non-hydrogen) atoms. The third-order valence-electron chi connectivity index (χ3n) is 2.22. The highest BCUT2D eigenvalue weighted by Crippen LogP contribution is 2.25. The molecule has 0 heterocycles. The molecule has 0 aliphatic heterocycles. The second-order valence-corrected chi connectivity index (χ2v) is 7.16. The van der Waals surface area contributed by atoms with Crippen molar-refractivity contribution in [3.8, 4) is 0 Å². The maximum atomic E-state index is 6.09. The molecular weight excluding hydrogens is 190 g/mol. The lowest BCUT2D eigenvalue weighted by Gasteiger charge is -2.22. The lowest BCUT2D eigenvalue weighted by atomic mass is 9.99. The molecule has 0 aliphatic rings. The first-order valence-electron chi connectivity index (χ1n) is 5.74. The molecule has 2 heteroatoms. The van der Waals surface area contributed by atoms with Crippen LogP contribution in [0.15, 0.2) is 0 Å². The normalized spacial score (nSPS) is 16.7. The summed E-state index contributed by atoms with van der Waals surface area (Å²) >= 11 is 1.98. The SMILES string of the molecule is CCCC(C)CC(N)CSC(C)(C)C. The molecule has 2 atom stereocenters. The van der Waals surface area contributed by atoms with Crippen LogP contribution >= 0.6 is 11.8 Å². The minimum atomic E-state index is 0.353. The van der Waals surface area contributed by atoms with Gasteiger partial charge in [0.1, 0.15) is 0 Å². The van der Waals surface area contributed by atoms with Crippen molar-refractivity contribution in [3.05, 3.63) is 0 Å². The maximum Gasteiger partial charge on any atom is 0.0133 e. The first-order chi connectivity index (χ1) is 6.35. The van der Waals surface area contributed by atoms with E-state index in [1.807, 2.05) is 11.8 Å². The third kappa shape index (κ3) is 8.89. The molecular formula is C12H27NS. The van der Waals surface area contributed by atoms with Gasteiger partial charge >= 0.3 is 0 Å². The van der Waals surface area contributed by atoms with Crippen molar-refractivity contribution in [2.45, 2.75) is 64.7 Å². The molecule has 0 rings (SSSR count). The monoisotopic (exact) mass is 217 g/mol. The quantitative estimate of drug-likeness (QED) is 0.734. The molecule has 0 aromatic rings. The highest BCUT2D eigenvalue weighted by atomic mass is 32.2. The molecule has 0 fully saturated rings. The van der Waals surface area contributed by atoms with Crippen LogP contribution in [0.4, 0.5) is 0 Å². The molecule has 0 radical (unpaired) electrons. The van der Waals surface area contributed by atoms with Gasteiger partial charge in [-0.3, -0.25) is 0 Å². The molecule has 0 aromatic heterocycles. The van der Waals surface area contributed by atoms with Crippen LogP contribution in [-0.4, -0.2) is 16.5 Å². The lowest BCUT2D eigenvalue weighted by molar-refractivity contribution is 0.450. The van der Waals surface area contributed by atoms with Crippen LogP contribution in [0.5, 0.6) is 0 Å². The van der Waals surface area contributed by atoms with Crippen molar-refractivity contribution in [1.29, 1.82) is 0 Å². The summed E-state index contributed by atoms with van der Waals surface area (Å²) in [5.41, 5.74) is 6.09. The van der Waals surface area contributed by atoms with Crippen molar-refractivity contribution in [1.82, 2.24) is 0 Å². The maximum absolute atomic E-state index is 6.09. The summed E-state index contributed by atoms with van der Waals surface area (Å²) < 4.78 is 0.353. The number of rotatable bonds is 6. The van der Waals surface area contributed by atoms with E-state index >= 15 is 0 Å². The van der Waals surface area contributed by atoms with Gasteiger partial charge in [-0.05, 0) is 12.3 Å². The van der Waals surface area contributed by atoms with Gasteiger partial charge < -0.3 is 5.73 Å². The fourth-order valence-electron chi connectivity index (χ4n) is 1.55. The predicted octanol–water partition coefficient (Wildman–Crippen LogP) is 3.67. The third-order valence-corrected chi connectivity index (χ3v) is 3.68. The molecule has 1 nitrogen and oxygen atoms in total. The average molecular weight is 217 g/mol. The van der Waals surface area contributed by atoms with Gasteiger partial charge in [0.2, 0.25) is 0 Å². The summed E-state index contributed by atoms with van der Waals surface area (Å²) in [6.45, 7) is 11.3. The largest absolute Gasteiger partial charge is 0.327 e. The van der Waals surface area contributed by atoms with E-state index in [0.29, 0.717) is 10.8 Å². The summed E-state index contributed by atoms with van der Waals surface area (Å²) in [5, 5.41) is 0. The van der Waals surface area contributed by atoms with Crippen LogP contribution in [0.3, 0.4) is 0 Å². The minimum absolute atomic E-state index is 0.353. The Bertz CT molecular complexity index is 140. The minimum Gasteiger partial charge on any atom is -0.327 e. The van der Waals surface area contributed by atoms with Gasteiger partial charge in [0.15, 0.2) is 0 Å². The Kier molecular flexibility index (Phi) is 6.88. The second kappa shape index (κ2) is 6.73. The van der Waals surface area contributed by atoms with Gasteiger partial charge in [0.05, 0.1) is 0 Å². The molecule has 0 aliphatic carbocycles. The van der Waals surface area contributed by atoms with E-state index in [0.717, 1.165) is 11.7 Å². The number of hydrogen-bond donors (Lipinski definition) is 1. The van der Waals surface area contributed by atoms with Crippen LogP contribution in [0.1, 0.15) is 53.9 Å². The Morgan fingerprint density at radius 2 is 1.86 bits per heavy atom. The van der Waals surface area contributed by atoms with E-state index in [2.05, 4.69) is 34.6 Å². The topological polar surface area (TPSA) is 26.0 Å². The summed E-state index contributed by atoms with van der Waals surface area (Å²) in [6, 6.07) is 0.376. The lowest BCUT2D eigenvalue weighted by Crippen LogP contribution is -2.27. The average Bonchev–Trinajstić information content (AvgIpc) is 2.00. The van der Waals surface area contributed by atoms with Crippen LogP contribution in [-0.2, 0) is 0 Å². The van der Waals surface area contributed by atoms with Gasteiger partial charge in [0.25, 0.3) is 0 Å². The van der Waals surface area contributed by atoms with E-state index in [4.69, 9.17) is 5.73 Å². The standard InChI is InChI=1S/C12H27NS/c1-6-7-10(2)8-11(13)9-14-12(3,4)5/h10-11H,6-9,13H2,1-5H3. The highest BCUT2D eigenvalue weighted by Gasteiger charge is 2.14. The summed E-state index contributed by atoms with van der Waals surface area (Å²) in [4.78, 5) is 0. The van der Waals surface area contributed by atoms with E-state index in [9.17, 15) is 0 Å². The fourth-order valence-corrected chi connectivity index (χ4v) is 2.40. The van der Waals surface area contributed by atoms with Gasteiger partial charge in [-0.25, -0.2) is 0 Å². The molecule has 2 unspecified atom stereocenters. The second-order valence-electron chi connectivity index (χ2n) is 5.31. The molecule has 86 valence electrons. The zero-order valence-corrected chi connectivity index (χ0v) is 11.3. The Morgan fingerprint density at radius 1 is 1.29 bits per heavy atom. The molecule has 0 bridgehead atoms. The number of hydrogen-bond acceptors (Lipinski definition) is 2. The molecule has 0 aromatic carbocycles. The molecule has 0 saturated heterocycles. The van der Waals surface area contributed by atoms with Crippen LogP contribution in [0.25, 0.3) is 0 Å². The molecule has 0 spiro atoms. The molecule has 2 N–H and O–H groups in total. The summed E-state index contributed by atoms with van der Waals surface area (Å²) in [7, 11) is 0. The van der Waals surface area contributed by atoms with Crippen molar-refractivity contribution in [3.63, 3.8) is 0 Å². The van der Waals surface area contributed by atoms with E-state index in [1.54, 1.807) is 0 Å². The Morgan fingerprint density at radius 3 is 2.29 bits per heavy atom. The smallest absolute Gasteiger partial charge is 0.0133 e. The van der Waals surface area contributed by atoms with Gasteiger partial charge in [-0.15, -0.1) is 0 Å². The molecule has 0 amide bonds. The van der Waals surface area contributed by atoms with Crippen molar-refractivity contribution < 1.29 is 0 Å². The first-order valence-corrected chi connectivity index (χ1v) is 6.73. The van der Waals surface area contributed by atoms with Gasteiger partial charge in [-0.2, -0.15) is 11.8 Å². The number of thioether (sulfide) groups is 1. The Balaban J connectivity index is 3.59. The van der Waals surface area contributed by atoms with Gasteiger partial charge in [-0.1, -0.05) is 47.5 Å².